The molecular formula is C17H18ClN3O. The van der Waals surface area contributed by atoms with E-state index in [1.54, 1.807) is 10.5 Å². The minimum Gasteiger partial charge on any atom is -0.318 e. The molecule has 0 N–H and O–H groups in total. The lowest BCUT2D eigenvalue weighted by Gasteiger charge is -2.08. The number of halogens is 1. The standard InChI is InChI=1S/C17H18ClN3O/c1-2-3-15-12-21-16(22)9-11-20(17(21)19-15)10-8-13-4-6-14(18)7-5-13/h4-7,9,11-12H,2-3,8,10H2,1H3. The molecule has 5 heteroatoms. The summed E-state index contributed by atoms with van der Waals surface area (Å²) in [6.07, 6.45) is 6.43. The highest BCUT2D eigenvalue weighted by molar-refractivity contribution is 6.30. The number of nitrogens with zero attached hydrogens (tertiary/aromatic N) is 3. The molecule has 0 amide bonds. The summed E-state index contributed by atoms with van der Waals surface area (Å²) in [4.78, 5) is 16.5. The van der Waals surface area contributed by atoms with E-state index >= 15 is 0 Å². The van der Waals surface area contributed by atoms with E-state index in [0.29, 0.717) is 5.78 Å². The summed E-state index contributed by atoms with van der Waals surface area (Å²) < 4.78 is 3.65. The molecule has 0 saturated heterocycles. The van der Waals surface area contributed by atoms with E-state index in [9.17, 15) is 4.79 Å². The van der Waals surface area contributed by atoms with Crippen LogP contribution >= 0.6 is 11.6 Å². The van der Waals surface area contributed by atoms with Crippen LogP contribution in [-0.4, -0.2) is 14.0 Å². The molecule has 0 saturated carbocycles. The van der Waals surface area contributed by atoms with E-state index in [1.165, 1.54) is 5.56 Å². The molecule has 114 valence electrons. The van der Waals surface area contributed by atoms with Crippen LogP contribution in [0.2, 0.25) is 5.02 Å². The Kier molecular flexibility index (Phi) is 4.29. The fourth-order valence-corrected chi connectivity index (χ4v) is 2.66. The molecule has 2 heterocycles. The van der Waals surface area contributed by atoms with Crippen molar-refractivity contribution in [2.45, 2.75) is 32.7 Å². The highest BCUT2D eigenvalue weighted by Gasteiger charge is 2.07. The van der Waals surface area contributed by atoms with E-state index in [-0.39, 0.29) is 5.56 Å². The van der Waals surface area contributed by atoms with Crippen LogP contribution in [0.4, 0.5) is 0 Å². The van der Waals surface area contributed by atoms with E-state index in [0.717, 1.165) is 36.5 Å². The largest absolute Gasteiger partial charge is 0.318 e. The molecule has 3 rings (SSSR count). The Morgan fingerprint density at radius 1 is 1.14 bits per heavy atom. The van der Waals surface area contributed by atoms with Gasteiger partial charge >= 0.3 is 0 Å². The SMILES string of the molecule is CCCc1cn2c(=O)ccn(CCc3ccc(Cl)cc3)c2n1. The first-order chi connectivity index (χ1) is 10.7. The van der Waals surface area contributed by atoms with Gasteiger partial charge in [-0.15, -0.1) is 0 Å². The Morgan fingerprint density at radius 2 is 1.91 bits per heavy atom. The molecule has 0 bridgehead atoms. The number of benzene rings is 1. The molecule has 0 radical (unpaired) electrons. The second kappa shape index (κ2) is 6.36. The summed E-state index contributed by atoms with van der Waals surface area (Å²) in [5.41, 5.74) is 2.14. The van der Waals surface area contributed by atoms with E-state index < -0.39 is 0 Å². The fourth-order valence-electron chi connectivity index (χ4n) is 2.54. The molecule has 0 unspecified atom stereocenters. The first kappa shape index (κ1) is 14.9. The van der Waals surface area contributed by atoms with E-state index in [2.05, 4.69) is 11.9 Å². The molecule has 0 aliphatic carbocycles. The van der Waals surface area contributed by atoms with Crippen LogP contribution in [0.5, 0.6) is 0 Å². The lowest BCUT2D eigenvalue weighted by atomic mass is 10.1. The second-order valence-corrected chi connectivity index (χ2v) is 5.81. The van der Waals surface area contributed by atoms with Crippen molar-refractivity contribution >= 4 is 17.4 Å². The summed E-state index contributed by atoms with van der Waals surface area (Å²) in [6.45, 7) is 2.88. The molecule has 2 aromatic heterocycles. The lowest BCUT2D eigenvalue weighted by molar-refractivity contribution is 0.689. The van der Waals surface area contributed by atoms with Crippen molar-refractivity contribution in [2.75, 3.05) is 0 Å². The second-order valence-electron chi connectivity index (χ2n) is 5.38. The summed E-state index contributed by atoms with van der Waals surface area (Å²) in [5.74, 6) is 0.713. The summed E-state index contributed by atoms with van der Waals surface area (Å²) in [5, 5.41) is 0.743. The van der Waals surface area contributed by atoms with Gasteiger partial charge in [0.2, 0.25) is 5.78 Å². The predicted octanol–water partition coefficient (Wildman–Crippen LogP) is 3.34. The van der Waals surface area contributed by atoms with Gasteiger partial charge in [-0.2, -0.15) is 0 Å². The maximum Gasteiger partial charge on any atom is 0.258 e. The Labute approximate surface area is 134 Å². The average Bonchev–Trinajstić information content (AvgIpc) is 2.94. The minimum absolute atomic E-state index is 0.0346. The smallest absolute Gasteiger partial charge is 0.258 e. The van der Waals surface area contributed by atoms with Gasteiger partial charge in [0.15, 0.2) is 0 Å². The number of fused-ring (bicyclic) bond motifs is 1. The molecule has 0 spiro atoms. The van der Waals surface area contributed by atoms with Crippen molar-refractivity contribution in [2.24, 2.45) is 0 Å². The van der Waals surface area contributed by atoms with Crippen LogP contribution in [0.3, 0.4) is 0 Å². The van der Waals surface area contributed by atoms with Crippen molar-refractivity contribution in [1.82, 2.24) is 14.0 Å². The highest BCUT2D eigenvalue weighted by Crippen LogP contribution is 2.11. The molecule has 0 aliphatic rings. The van der Waals surface area contributed by atoms with Crippen LogP contribution in [0, 0.1) is 0 Å². The van der Waals surface area contributed by atoms with Crippen molar-refractivity contribution in [3.8, 4) is 0 Å². The first-order valence-electron chi connectivity index (χ1n) is 7.49. The Morgan fingerprint density at radius 3 is 2.64 bits per heavy atom. The van der Waals surface area contributed by atoms with Gasteiger partial charge in [-0.1, -0.05) is 37.1 Å². The Bertz CT molecular complexity index is 833. The van der Waals surface area contributed by atoms with Crippen molar-refractivity contribution in [1.29, 1.82) is 0 Å². The van der Waals surface area contributed by atoms with E-state index in [1.807, 2.05) is 41.2 Å². The zero-order valence-electron chi connectivity index (χ0n) is 12.5. The molecule has 1 aromatic carbocycles. The molecule has 4 nitrogen and oxygen atoms in total. The Balaban J connectivity index is 1.88. The van der Waals surface area contributed by atoms with Crippen molar-refractivity contribution in [3.05, 3.63) is 69.4 Å². The van der Waals surface area contributed by atoms with Crippen molar-refractivity contribution in [3.63, 3.8) is 0 Å². The molecule has 22 heavy (non-hydrogen) atoms. The molecule has 0 atom stereocenters. The molecule has 0 fully saturated rings. The Hall–Kier alpha value is -2.07. The normalized spacial score (nSPS) is 11.2. The third-order valence-electron chi connectivity index (χ3n) is 3.69. The fraction of sp³-hybridized carbons (Fsp3) is 0.294. The minimum atomic E-state index is -0.0346. The van der Waals surface area contributed by atoms with Crippen LogP contribution in [0.15, 0.2) is 47.5 Å². The van der Waals surface area contributed by atoms with Gasteiger partial charge in [0.25, 0.3) is 5.56 Å². The van der Waals surface area contributed by atoms with Gasteiger partial charge in [-0.05, 0) is 30.5 Å². The van der Waals surface area contributed by atoms with Gasteiger partial charge in [0.1, 0.15) is 0 Å². The number of aryl methyl sites for hydroxylation is 3. The molecule has 0 aliphatic heterocycles. The van der Waals surface area contributed by atoms with Crippen LogP contribution in [0.1, 0.15) is 24.6 Å². The molecule has 3 aromatic rings. The maximum atomic E-state index is 12.0. The van der Waals surface area contributed by atoms with Crippen molar-refractivity contribution < 1.29 is 0 Å². The summed E-state index contributed by atoms with van der Waals surface area (Å²) >= 11 is 5.90. The van der Waals surface area contributed by atoms with Crippen LogP contribution < -0.4 is 5.56 Å². The number of rotatable bonds is 5. The van der Waals surface area contributed by atoms with Gasteiger partial charge in [-0.25, -0.2) is 4.98 Å². The number of hydrogen-bond donors (Lipinski definition) is 0. The number of hydrogen-bond acceptors (Lipinski definition) is 2. The maximum absolute atomic E-state index is 12.0. The third-order valence-corrected chi connectivity index (χ3v) is 3.94. The van der Waals surface area contributed by atoms with Crippen LogP contribution in [-0.2, 0) is 19.4 Å². The third kappa shape index (κ3) is 3.07. The van der Waals surface area contributed by atoms with E-state index in [4.69, 9.17) is 11.6 Å². The lowest BCUT2D eigenvalue weighted by Crippen LogP contribution is -2.16. The first-order valence-corrected chi connectivity index (χ1v) is 7.87. The van der Waals surface area contributed by atoms with Gasteiger partial charge in [0, 0.05) is 30.0 Å². The van der Waals surface area contributed by atoms with Gasteiger partial charge in [0.05, 0.1) is 5.69 Å². The monoisotopic (exact) mass is 315 g/mol. The quantitative estimate of drug-likeness (QED) is 0.724. The predicted molar refractivity (Wildman–Crippen MR) is 88.6 cm³/mol. The topological polar surface area (TPSA) is 39.3 Å². The molecular weight excluding hydrogens is 298 g/mol. The van der Waals surface area contributed by atoms with Crippen LogP contribution in [0.25, 0.3) is 5.78 Å². The highest BCUT2D eigenvalue weighted by atomic mass is 35.5. The zero-order valence-corrected chi connectivity index (χ0v) is 13.3. The van der Waals surface area contributed by atoms with Gasteiger partial charge in [-0.3, -0.25) is 9.20 Å². The number of imidazole rings is 1. The number of aromatic nitrogens is 3. The average molecular weight is 316 g/mol. The summed E-state index contributed by atoms with van der Waals surface area (Å²) in [7, 11) is 0. The summed E-state index contributed by atoms with van der Waals surface area (Å²) in [6, 6.07) is 9.43. The zero-order chi connectivity index (χ0) is 15.5. The van der Waals surface area contributed by atoms with Gasteiger partial charge < -0.3 is 4.57 Å².